The molecule has 1 saturated heterocycles. The lowest BCUT2D eigenvalue weighted by atomic mass is 9.95. The molecule has 0 aliphatic carbocycles. The maximum atomic E-state index is 12.6. The van der Waals surface area contributed by atoms with Crippen molar-refractivity contribution in [2.45, 2.75) is 25.3 Å². The summed E-state index contributed by atoms with van der Waals surface area (Å²) < 4.78 is 0. The third kappa shape index (κ3) is 4.33. The van der Waals surface area contributed by atoms with Gasteiger partial charge in [-0.05, 0) is 43.7 Å². The highest BCUT2D eigenvalue weighted by Crippen LogP contribution is 2.25. The molecule has 0 bridgehead atoms. The van der Waals surface area contributed by atoms with Crippen molar-refractivity contribution in [3.8, 4) is 0 Å². The largest absolute Gasteiger partial charge is 0.362 e. The Balaban J connectivity index is 1.76. The maximum Gasteiger partial charge on any atom is 0.255 e. The van der Waals surface area contributed by atoms with Crippen molar-refractivity contribution in [2.24, 2.45) is 0 Å². The van der Waals surface area contributed by atoms with Gasteiger partial charge in [-0.25, -0.2) is 4.98 Å². The van der Waals surface area contributed by atoms with Gasteiger partial charge in [0.25, 0.3) is 5.91 Å². The second-order valence-electron chi connectivity index (χ2n) is 6.55. The van der Waals surface area contributed by atoms with E-state index in [1.165, 1.54) is 0 Å². The number of carbonyl (C=O) groups is 1. The van der Waals surface area contributed by atoms with E-state index < -0.39 is 0 Å². The Hall–Kier alpha value is -2.47. The molecule has 2 aromatic heterocycles. The molecule has 1 amide bonds. The molecule has 1 aliphatic heterocycles. The Morgan fingerprint density at radius 3 is 2.88 bits per heavy atom. The van der Waals surface area contributed by atoms with Gasteiger partial charge in [0.05, 0.1) is 17.8 Å². The van der Waals surface area contributed by atoms with E-state index in [2.05, 4.69) is 15.6 Å². The number of carbonyl (C=O) groups excluding carboxylic acids is 1. The molecular formula is C19H25N5O. The molecule has 0 saturated carbocycles. The molecule has 0 radical (unpaired) electrons. The van der Waals surface area contributed by atoms with Crippen LogP contribution in [-0.4, -0.2) is 43.1 Å². The van der Waals surface area contributed by atoms with Crippen molar-refractivity contribution in [3.63, 3.8) is 0 Å². The number of nitrogens with zero attached hydrogens (tertiary/aromatic N) is 3. The van der Waals surface area contributed by atoms with Gasteiger partial charge in [0.15, 0.2) is 0 Å². The van der Waals surface area contributed by atoms with Crippen molar-refractivity contribution in [2.75, 3.05) is 32.1 Å². The zero-order valence-electron chi connectivity index (χ0n) is 14.8. The number of pyridine rings is 2. The molecule has 3 heterocycles. The van der Waals surface area contributed by atoms with Crippen LogP contribution in [0, 0.1) is 0 Å². The van der Waals surface area contributed by atoms with Gasteiger partial charge in [-0.1, -0.05) is 6.07 Å². The Bertz CT molecular complexity index is 711. The minimum atomic E-state index is -0.129. The Labute approximate surface area is 148 Å². The van der Waals surface area contributed by atoms with Gasteiger partial charge in [0, 0.05) is 38.4 Å². The molecule has 6 nitrogen and oxygen atoms in total. The fourth-order valence-electron chi connectivity index (χ4n) is 3.08. The first-order valence-corrected chi connectivity index (χ1v) is 8.72. The van der Waals surface area contributed by atoms with E-state index in [1.807, 2.05) is 49.3 Å². The average molecular weight is 339 g/mol. The number of nitrogens with one attached hydrogen (secondary N) is 2. The van der Waals surface area contributed by atoms with Crippen molar-refractivity contribution >= 4 is 11.7 Å². The van der Waals surface area contributed by atoms with E-state index >= 15 is 0 Å². The van der Waals surface area contributed by atoms with Crippen LogP contribution in [0.1, 0.15) is 40.5 Å². The predicted octanol–water partition coefficient (Wildman–Crippen LogP) is 1.94. The minimum Gasteiger partial charge on any atom is -0.362 e. The van der Waals surface area contributed by atoms with E-state index in [9.17, 15) is 4.79 Å². The van der Waals surface area contributed by atoms with Gasteiger partial charge in [0.1, 0.15) is 5.82 Å². The van der Waals surface area contributed by atoms with Crippen LogP contribution in [0.25, 0.3) is 0 Å². The second-order valence-corrected chi connectivity index (χ2v) is 6.55. The molecule has 6 heteroatoms. The number of rotatable bonds is 5. The molecule has 0 unspecified atom stereocenters. The zero-order chi connectivity index (χ0) is 17.6. The summed E-state index contributed by atoms with van der Waals surface area (Å²) in [5.41, 5.74) is 2.48. The lowest BCUT2D eigenvalue weighted by Gasteiger charge is -2.24. The summed E-state index contributed by atoms with van der Waals surface area (Å²) >= 11 is 0. The first kappa shape index (κ1) is 17.4. The van der Waals surface area contributed by atoms with Crippen LogP contribution in [0.5, 0.6) is 0 Å². The molecule has 2 aromatic rings. The highest BCUT2D eigenvalue weighted by Gasteiger charge is 2.20. The van der Waals surface area contributed by atoms with Gasteiger partial charge >= 0.3 is 0 Å². The fourth-order valence-corrected chi connectivity index (χ4v) is 3.08. The number of amides is 1. The lowest BCUT2D eigenvalue weighted by molar-refractivity contribution is 0.0950. The molecule has 1 atom stereocenters. The van der Waals surface area contributed by atoms with Crippen molar-refractivity contribution in [1.82, 2.24) is 20.6 Å². The van der Waals surface area contributed by atoms with Crippen LogP contribution in [0.4, 0.5) is 5.82 Å². The maximum absolute atomic E-state index is 12.6. The molecule has 132 valence electrons. The molecule has 0 spiro atoms. The van der Waals surface area contributed by atoms with Gasteiger partial charge in [-0.15, -0.1) is 0 Å². The van der Waals surface area contributed by atoms with E-state index in [0.717, 1.165) is 37.3 Å². The predicted molar refractivity (Wildman–Crippen MR) is 98.8 cm³/mol. The summed E-state index contributed by atoms with van der Waals surface area (Å²) in [6, 6.07) is 9.54. The smallest absolute Gasteiger partial charge is 0.255 e. The number of aromatic nitrogens is 2. The summed E-state index contributed by atoms with van der Waals surface area (Å²) in [5, 5.41) is 6.35. The normalized spacial score (nSPS) is 17.1. The topological polar surface area (TPSA) is 70.2 Å². The molecule has 2 N–H and O–H groups in total. The molecule has 25 heavy (non-hydrogen) atoms. The summed E-state index contributed by atoms with van der Waals surface area (Å²) in [5.74, 6) is 0.995. The highest BCUT2D eigenvalue weighted by atomic mass is 16.1. The van der Waals surface area contributed by atoms with Crippen LogP contribution >= 0.6 is 0 Å². The minimum absolute atomic E-state index is 0.129. The van der Waals surface area contributed by atoms with E-state index in [4.69, 9.17) is 4.98 Å². The number of piperidine rings is 1. The van der Waals surface area contributed by atoms with Crippen molar-refractivity contribution in [3.05, 3.63) is 53.5 Å². The quantitative estimate of drug-likeness (QED) is 0.871. The molecule has 3 rings (SSSR count). The van der Waals surface area contributed by atoms with Gasteiger partial charge < -0.3 is 15.5 Å². The Kier molecular flexibility index (Phi) is 5.60. The van der Waals surface area contributed by atoms with Crippen LogP contribution in [-0.2, 0) is 6.54 Å². The van der Waals surface area contributed by atoms with Gasteiger partial charge in [-0.3, -0.25) is 9.78 Å². The summed E-state index contributed by atoms with van der Waals surface area (Å²) in [6.07, 6.45) is 4.02. The first-order valence-electron chi connectivity index (χ1n) is 8.72. The van der Waals surface area contributed by atoms with Crippen LogP contribution in [0.15, 0.2) is 36.5 Å². The van der Waals surface area contributed by atoms with Crippen LogP contribution in [0.2, 0.25) is 0 Å². The molecule has 1 aliphatic rings. The van der Waals surface area contributed by atoms with Gasteiger partial charge in [0.2, 0.25) is 0 Å². The third-order valence-corrected chi connectivity index (χ3v) is 4.44. The zero-order valence-corrected chi connectivity index (χ0v) is 14.8. The SMILES string of the molecule is CN(C)c1nc([C@H]2CCCNC2)ccc1C(=O)NCc1ccccn1. The fraction of sp³-hybridized carbons (Fsp3) is 0.421. The van der Waals surface area contributed by atoms with Crippen LogP contribution < -0.4 is 15.5 Å². The summed E-state index contributed by atoms with van der Waals surface area (Å²) in [4.78, 5) is 23.5. The van der Waals surface area contributed by atoms with E-state index in [1.54, 1.807) is 6.20 Å². The Morgan fingerprint density at radius 1 is 1.32 bits per heavy atom. The summed E-state index contributed by atoms with van der Waals surface area (Å²) in [6.45, 7) is 2.43. The lowest BCUT2D eigenvalue weighted by Crippen LogP contribution is -2.30. The number of anilines is 1. The average Bonchev–Trinajstić information content (AvgIpc) is 2.67. The number of hydrogen-bond acceptors (Lipinski definition) is 5. The number of hydrogen-bond donors (Lipinski definition) is 2. The molecule has 0 aromatic carbocycles. The summed E-state index contributed by atoms with van der Waals surface area (Å²) in [7, 11) is 3.83. The molecular weight excluding hydrogens is 314 g/mol. The Morgan fingerprint density at radius 2 is 2.20 bits per heavy atom. The first-order chi connectivity index (χ1) is 12.1. The van der Waals surface area contributed by atoms with Crippen LogP contribution in [0.3, 0.4) is 0 Å². The van der Waals surface area contributed by atoms with Crippen molar-refractivity contribution < 1.29 is 4.79 Å². The van der Waals surface area contributed by atoms with E-state index in [0.29, 0.717) is 23.8 Å². The standard InChI is InChI=1S/C19H25N5O/c1-24(2)18-16(19(25)22-13-15-7-3-4-11-21-15)8-9-17(23-18)14-6-5-10-20-12-14/h3-4,7-9,11,14,20H,5-6,10,12-13H2,1-2H3,(H,22,25)/t14-/m0/s1. The third-order valence-electron chi connectivity index (χ3n) is 4.44. The molecule has 1 fully saturated rings. The van der Waals surface area contributed by atoms with Crippen molar-refractivity contribution in [1.29, 1.82) is 0 Å². The van der Waals surface area contributed by atoms with Gasteiger partial charge in [-0.2, -0.15) is 0 Å². The highest BCUT2D eigenvalue weighted by molar-refractivity contribution is 5.98. The monoisotopic (exact) mass is 339 g/mol. The second kappa shape index (κ2) is 8.07. The van der Waals surface area contributed by atoms with E-state index in [-0.39, 0.29) is 5.91 Å².